The Kier molecular flexibility index (Phi) is 1.89. The highest BCUT2D eigenvalue weighted by Crippen LogP contribution is 2.37. The van der Waals surface area contributed by atoms with Gasteiger partial charge in [-0.1, -0.05) is 0 Å². The number of hydrogen-bond donors (Lipinski definition) is 3. The molecule has 0 amide bonds. The predicted octanol–water partition coefficient (Wildman–Crippen LogP) is 1.86. The molecule has 1 aromatic carbocycles. The topological polar surface area (TPSA) is 79.9 Å². The first-order chi connectivity index (χ1) is 8.18. The number of benzene rings is 1. The summed E-state index contributed by atoms with van der Waals surface area (Å²) in [4.78, 5) is 3.05. The Morgan fingerprint density at radius 3 is 2.82 bits per heavy atom. The zero-order valence-electron chi connectivity index (χ0n) is 9.31. The quantitative estimate of drug-likeness (QED) is 0.594. The van der Waals surface area contributed by atoms with E-state index in [-0.39, 0.29) is 5.75 Å². The summed E-state index contributed by atoms with van der Waals surface area (Å²) in [7, 11) is 1.77. The maximum Gasteiger partial charge on any atom is 0.132 e. The summed E-state index contributed by atoms with van der Waals surface area (Å²) >= 11 is 0. The Hall–Kier alpha value is -2.43. The summed E-state index contributed by atoms with van der Waals surface area (Å²) in [6, 6.07) is 5.58. The van der Waals surface area contributed by atoms with Crippen molar-refractivity contribution in [2.24, 2.45) is 7.05 Å². The summed E-state index contributed by atoms with van der Waals surface area (Å²) < 4.78 is 1.58. The Bertz CT molecular complexity index is 696. The normalized spacial score (nSPS) is 11.1. The first kappa shape index (κ1) is 9.77. The summed E-state index contributed by atoms with van der Waals surface area (Å²) in [5.41, 5.74) is 8.24. The highest BCUT2D eigenvalue weighted by Gasteiger charge is 2.13. The second-order valence-electron chi connectivity index (χ2n) is 3.97. The van der Waals surface area contributed by atoms with E-state index in [4.69, 9.17) is 5.73 Å². The molecule has 4 N–H and O–H groups in total. The Morgan fingerprint density at radius 1 is 1.29 bits per heavy atom. The SMILES string of the molecule is Cn1ncc(-c2ccc3[nH]ccc3c2O)c1N. The van der Waals surface area contributed by atoms with Crippen LogP contribution < -0.4 is 5.73 Å². The van der Waals surface area contributed by atoms with Crippen molar-refractivity contribution >= 4 is 16.7 Å². The van der Waals surface area contributed by atoms with Gasteiger partial charge in [-0.15, -0.1) is 0 Å². The average Bonchev–Trinajstić information content (AvgIpc) is 2.90. The predicted molar refractivity (Wildman–Crippen MR) is 66.6 cm³/mol. The van der Waals surface area contributed by atoms with Crippen LogP contribution in [0.25, 0.3) is 22.0 Å². The van der Waals surface area contributed by atoms with Gasteiger partial charge in [0.15, 0.2) is 0 Å². The van der Waals surface area contributed by atoms with E-state index in [1.807, 2.05) is 18.2 Å². The monoisotopic (exact) mass is 228 g/mol. The van der Waals surface area contributed by atoms with Crippen LogP contribution in [0.5, 0.6) is 5.75 Å². The number of anilines is 1. The third-order valence-corrected chi connectivity index (χ3v) is 2.98. The number of nitrogen functional groups attached to an aromatic ring is 1. The lowest BCUT2D eigenvalue weighted by Gasteiger charge is -2.05. The Balaban J connectivity index is 2.30. The number of phenols is 1. The van der Waals surface area contributed by atoms with Gasteiger partial charge in [-0.05, 0) is 18.2 Å². The number of aromatic nitrogens is 3. The number of nitrogens with one attached hydrogen (secondary N) is 1. The third-order valence-electron chi connectivity index (χ3n) is 2.98. The van der Waals surface area contributed by atoms with Crippen LogP contribution in [0.15, 0.2) is 30.6 Å². The van der Waals surface area contributed by atoms with Gasteiger partial charge >= 0.3 is 0 Å². The number of aryl methyl sites for hydroxylation is 1. The molecular formula is C12H12N4O. The molecule has 3 rings (SSSR count). The second kappa shape index (κ2) is 3.28. The molecule has 5 heteroatoms. The lowest BCUT2D eigenvalue weighted by Crippen LogP contribution is -1.98. The van der Waals surface area contributed by atoms with E-state index in [0.717, 1.165) is 16.5 Å². The van der Waals surface area contributed by atoms with Gasteiger partial charge in [-0.2, -0.15) is 5.10 Å². The number of rotatable bonds is 1. The van der Waals surface area contributed by atoms with Gasteiger partial charge in [0.05, 0.1) is 6.20 Å². The molecule has 0 saturated carbocycles. The van der Waals surface area contributed by atoms with Crippen LogP contribution >= 0.6 is 0 Å². The molecular weight excluding hydrogens is 216 g/mol. The fourth-order valence-corrected chi connectivity index (χ4v) is 1.99. The minimum absolute atomic E-state index is 0.225. The van der Waals surface area contributed by atoms with Gasteiger partial charge in [0.2, 0.25) is 0 Å². The van der Waals surface area contributed by atoms with Crippen molar-refractivity contribution in [2.75, 3.05) is 5.73 Å². The van der Waals surface area contributed by atoms with Gasteiger partial charge in [-0.25, -0.2) is 0 Å². The molecule has 3 aromatic rings. The van der Waals surface area contributed by atoms with Crippen LogP contribution in [-0.2, 0) is 7.05 Å². The number of aromatic hydroxyl groups is 1. The number of hydrogen-bond acceptors (Lipinski definition) is 3. The van der Waals surface area contributed by atoms with Crippen molar-refractivity contribution in [2.45, 2.75) is 0 Å². The van der Waals surface area contributed by atoms with Gasteiger partial charge in [0.1, 0.15) is 11.6 Å². The van der Waals surface area contributed by atoms with Crippen molar-refractivity contribution in [3.63, 3.8) is 0 Å². The van der Waals surface area contributed by atoms with E-state index >= 15 is 0 Å². The van der Waals surface area contributed by atoms with E-state index in [9.17, 15) is 5.11 Å². The van der Waals surface area contributed by atoms with Crippen LogP contribution in [-0.4, -0.2) is 19.9 Å². The molecule has 2 aromatic heterocycles. The molecule has 5 nitrogen and oxygen atoms in total. The number of nitrogens with two attached hydrogens (primary N) is 1. The second-order valence-corrected chi connectivity index (χ2v) is 3.97. The van der Waals surface area contributed by atoms with Crippen molar-refractivity contribution in [1.82, 2.24) is 14.8 Å². The van der Waals surface area contributed by atoms with Crippen molar-refractivity contribution < 1.29 is 5.11 Å². The zero-order chi connectivity index (χ0) is 12.0. The van der Waals surface area contributed by atoms with E-state index < -0.39 is 0 Å². The number of phenolic OH excluding ortho intramolecular Hbond substituents is 1. The first-order valence-corrected chi connectivity index (χ1v) is 5.25. The van der Waals surface area contributed by atoms with Crippen LogP contribution in [0.2, 0.25) is 0 Å². The Morgan fingerprint density at radius 2 is 2.12 bits per heavy atom. The molecule has 0 fully saturated rings. The van der Waals surface area contributed by atoms with E-state index in [2.05, 4.69) is 10.1 Å². The molecule has 0 radical (unpaired) electrons. The smallest absolute Gasteiger partial charge is 0.132 e. The number of aromatic amines is 1. The van der Waals surface area contributed by atoms with Gasteiger partial charge in [0.25, 0.3) is 0 Å². The minimum atomic E-state index is 0.225. The van der Waals surface area contributed by atoms with Gasteiger partial charge in [0, 0.05) is 35.3 Å². The summed E-state index contributed by atoms with van der Waals surface area (Å²) in [6.07, 6.45) is 3.45. The highest BCUT2D eigenvalue weighted by molar-refractivity contribution is 5.94. The maximum absolute atomic E-state index is 10.2. The molecule has 0 saturated heterocycles. The van der Waals surface area contributed by atoms with Crippen molar-refractivity contribution in [3.8, 4) is 16.9 Å². The molecule has 0 aliphatic carbocycles. The van der Waals surface area contributed by atoms with Crippen LogP contribution in [0.3, 0.4) is 0 Å². The molecule has 0 bridgehead atoms. The summed E-state index contributed by atoms with van der Waals surface area (Å²) in [6.45, 7) is 0. The van der Waals surface area contributed by atoms with E-state index in [1.165, 1.54) is 0 Å². The first-order valence-electron chi connectivity index (χ1n) is 5.25. The molecule has 2 heterocycles. The van der Waals surface area contributed by atoms with Gasteiger partial charge in [-0.3, -0.25) is 4.68 Å². The largest absolute Gasteiger partial charge is 0.507 e. The fraction of sp³-hybridized carbons (Fsp3) is 0.0833. The third kappa shape index (κ3) is 1.29. The molecule has 0 atom stereocenters. The molecule has 86 valence electrons. The lowest BCUT2D eigenvalue weighted by atomic mass is 10.0. The summed E-state index contributed by atoms with van der Waals surface area (Å²) in [5.74, 6) is 0.763. The van der Waals surface area contributed by atoms with Crippen LogP contribution in [0, 0.1) is 0 Å². The number of fused-ring (bicyclic) bond motifs is 1. The van der Waals surface area contributed by atoms with Crippen molar-refractivity contribution in [3.05, 3.63) is 30.6 Å². The molecule has 17 heavy (non-hydrogen) atoms. The van der Waals surface area contributed by atoms with Gasteiger partial charge < -0.3 is 15.8 Å². The van der Waals surface area contributed by atoms with E-state index in [0.29, 0.717) is 11.4 Å². The molecule has 0 spiro atoms. The van der Waals surface area contributed by atoms with Crippen LogP contribution in [0.4, 0.5) is 5.82 Å². The van der Waals surface area contributed by atoms with E-state index in [1.54, 1.807) is 24.1 Å². The molecule has 0 aliphatic heterocycles. The fourth-order valence-electron chi connectivity index (χ4n) is 1.99. The van der Waals surface area contributed by atoms with Crippen molar-refractivity contribution in [1.29, 1.82) is 0 Å². The molecule has 0 unspecified atom stereocenters. The average molecular weight is 228 g/mol. The highest BCUT2D eigenvalue weighted by atomic mass is 16.3. The molecule has 0 aliphatic rings. The number of nitrogens with zero attached hydrogens (tertiary/aromatic N) is 2. The zero-order valence-corrected chi connectivity index (χ0v) is 9.31. The Labute approximate surface area is 97.5 Å². The standard InChI is InChI=1S/C12H12N4O/c1-16-12(13)9(6-15-16)7-2-3-10-8(11(7)17)4-5-14-10/h2-6,14,17H,13H2,1H3. The summed E-state index contributed by atoms with van der Waals surface area (Å²) in [5, 5.41) is 15.1. The number of H-pyrrole nitrogens is 1. The maximum atomic E-state index is 10.2. The minimum Gasteiger partial charge on any atom is -0.507 e. The lowest BCUT2D eigenvalue weighted by molar-refractivity contribution is 0.483. The van der Waals surface area contributed by atoms with Crippen LogP contribution in [0.1, 0.15) is 0 Å².